The van der Waals surface area contributed by atoms with Crippen LogP contribution in [-0.2, 0) is 63.8 Å². The Morgan fingerprint density at radius 3 is 1.00 bits per heavy atom. The predicted octanol–water partition coefficient (Wildman–Crippen LogP) is -3.94. The summed E-state index contributed by atoms with van der Waals surface area (Å²) in [7, 11) is 0. The van der Waals surface area contributed by atoms with E-state index in [-0.39, 0.29) is 203 Å². The van der Waals surface area contributed by atoms with E-state index in [1.165, 1.54) is 0 Å². The van der Waals surface area contributed by atoms with Crippen LogP contribution in [0.2, 0.25) is 0 Å². The van der Waals surface area contributed by atoms with Gasteiger partial charge >= 0.3 is 122 Å². The molecule has 32 valence electrons. The average Bonchev–Trinajstić information content (AvgIpc) is 0. The van der Waals surface area contributed by atoms with Gasteiger partial charge in [-0.1, -0.05) is 0 Å². The summed E-state index contributed by atoms with van der Waals surface area (Å²) in [5.41, 5.74) is 0. The van der Waals surface area contributed by atoms with E-state index in [9.17, 15) is 0 Å². The molecular formula is H9AlBaCdFePbSrZn. The first-order valence-corrected chi connectivity index (χ1v) is 0. The van der Waals surface area contributed by atoms with Gasteiger partial charge in [0.2, 0.25) is 0 Å². The fourth-order valence-corrected chi connectivity index (χ4v) is 0. The van der Waals surface area contributed by atoms with Crippen molar-refractivity contribution in [3.63, 3.8) is 0 Å². The van der Waals surface area contributed by atoms with Crippen LogP contribution in [0.4, 0.5) is 0 Å². The summed E-state index contributed by atoms with van der Waals surface area (Å²) in [5, 5.41) is 0. The second-order valence-corrected chi connectivity index (χ2v) is 0. The second kappa shape index (κ2) is 39.0. The van der Waals surface area contributed by atoms with Gasteiger partial charge in [-0.25, -0.2) is 0 Å². The molecule has 7 heteroatoms. The Balaban J connectivity index is 0. The fourth-order valence-electron chi connectivity index (χ4n) is 0. The van der Waals surface area contributed by atoms with Gasteiger partial charge in [-0.15, -0.1) is 0 Å². The summed E-state index contributed by atoms with van der Waals surface area (Å²) in [6, 6.07) is 0. The molecule has 0 saturated heterocycles. The molecule has 0 aliphatic heterocycles. The molecule has 0 spiro atoms. The van der Waals surface area contributed by atoms with Crippen LogP contribution in [0.3, 0.4) is 0 Å². The maximum Gasteiger partial charge on any atom is 0 e. The Bertz CT molecular complexity index is 19.7. The van der Waals surface area contributed by atoms with Crippen molar-refractivity contribution in [2.24, 2.45) is 0 Å². The van der Waals surface area contributed by atoms with Crippen molar-refractivity contribution in [1.82, 2.24) is 0 Å². The Hall–Kier alpha value is 6.57. The molecule has 0 unspecified atom stereocenters. The van der Waals surface area contributed by atoms with E-state index in [0.717, 1.165) is 0 Å². The van der Waals surface area contributed by atoms with Gasteiger partial charge in [-0.3, -0.25) is 0 Å². The number of hydrogen-bond acceptors (Lipinski definition) is 0. The molecule has 0 rings (SSSR count). The third-order valence-corrected chi connectivity index (χ3v) is 0. The molecular weight excluding hydrogens is 693 g/mol. The summed E-state index contributed by atoms with van der Waals surface area (Å²) in [6.07, 6.45) is 0. The van der Waals surface area contributed by atoms with E-state index in [0.29, 0.717) is 0 Å². The SMILES string of the molecule is [AlH3].[BaH2].[Cd].[Fe].[PbH2].[SrH2].[Zn]. The van der Waals surface area contributed by atoms with E-state index in [1.54, 1.807) is 0 Å². The third-order valence-electron chi connectivity index (χ3n) is 0. The molecule has 2 radical (unpaired) electrons. The van der Waals surface area contributed by atoms with E-state index >= 15 is 0 Å². The van der Waals surface area contributed by atoms with Crippen LogP contribution in [0.1, 0.15) is 0 Å². The van der Waals surface area contributed by atoms with Gasteiger partial charge in [0, 0.05) is 63.8 Å². The molecule has 0 nitrogen and oxygen atoms in total. The zero-order chi connectivity index (χ0) is 0. The van der Waals surface area contributed by atoms with Crippen molar-refractivity contribution in [2.75, 3.05) is 0 Å². The minimum Gasteiger partial charge on any atom is 0 e. The van der Waals surface area contributed by atoms with Gasteiger partial charge < -0.3 is 0 Å². The van der Waals surface area contributed by atoms with E-state index in [1.807, 2.05) is 0 Å². The molecule has 0 bridgehead atoms. The Kier molecular flexibility index (Phi) is 277. The van der Waals surface area contributed by atoms with Crippen LogP contribution in [-0.4, -0.2) is 139 Å². The maximum absolute atomic E-state index is 0. The monoisotopic (exact) mass is 704 g/mol. The molecule has 0 N–H and O–H groups in total. The molecule has 0 saturated carbocycles. The van der Waals surface area contributed by atoms with Crippen molar-refractivity contribution in [3.8, 4) is 0 Å². The minimum atomic E-state index is 0. The zero-order valence-electron chi connectivity index (χ0n) is 2.47. The Labute approximate surface area is 196 Å². The summed E-state index contributed by atoms with van der Waals surface area (Å²) >= 11 is 0. The minimum absolute atomic E-state index is 0. The van der Waals surface area contributed by atoms with Gasteiger partial charge in [0.25, 0.3) is 0 Å². The molecule has 0 heterocycles. The first kappa shape index (κ1) is 49.7. The topological polar surface area (TPSA) is 0 Å². The standard InChI is InChI=1S/Al.Ba.Cd.Fe.Pb.Sr.Zn.9H. The molecule has 0 fully saturated rings. The molecule has 0 aromatic carbocycles. The third kappa shape index (κ3) is 32.5. The van der Waals surface area contributed by atoms with Gasteiger partial charge in [0.15, 0.2) is 17.4 Å². The second-order valence-electron chi connectivity index (χ2n) is 0. The van der Waals surface area contributed by atoms with E-state index < -0.39 is 0 Å². The van der Waals surface area contributed by atoms with Crippen LogP contribution >= 0.6 is 0 Å². The molecule has 0 aliphatic carbocycles. The average molecular weight is 702 g/mol. The van der Waals surface area contributed by atoms with Crippen molar-refractivity contribution < 1.29 is 63.8 Å². The molecule has 0 aromatic heterocycles. The van der Waals surface area contributed by atoms with E-state index in [2.05, 4.69) is 0 Å². The fraction of sp³-hybridized carbons (Fsp3) is 0. The van der Waals surface area contributed by atoms with Crippen LogP contribution in [0, 0.1) is 0 Å². The summed E-state index contributed by atoms with van der Waals surface area (Å²) in [4.78, 5) is 0. The van der Waals surface area contributed by atoms with Gasteiger partial charge in [0.05, 0.1) is 0 Å². The maximum atomic E-state index is 0. The zero-order valence-corrected chi connectivity index (χ0v) is 16.1. The first-order chi connectivity index (χ1) is 0. The predicted molar refractivity (Wildman–Crippen MR) is 35.6 cm³/mol. The van der Waals surface area contributed by atoms with Crippen LogP contribution in [0.25, 0.3) is 0 Å². The molecule has 0 atom stereocenters. The smallest absolute Gasteiger partial charge is 0 e. The quantitative estimate of drug-likeness (QED) is 0.227. The first-order valence-electron chi connectivity index (χ1n) is 0. The summed E-state index contributed by atoms with van der Waals surface area (Å²) < 4.78 is 0. The van der Waals surface area contributed by atoms with Crippen molar-refractivity contribution in [3.05, 3.63) is 0 Å². The largest absolute Gasteiger partial charge is 0 e. The van der Waals surface area contributed by atoms with Gasteiger partial charge in [-0.05, 0) is 0 Å². The molecule has 7 heavy (non-hydrogen) atoms. The van der Waals surface area contributed by atoms with Crippen LogP contribution in [0.5, 0.6) is 0 Å². The van der Waals surface area contributed by atoms with Crippen molar-refractivity contribution in [1.29, 1.82) is 0 Å². The van der Waals surface area contributed by atoms with E-state index in [4.69, 9.17) is 0 Å². The molecule has 0 aliphatic rings. The number of rotatable bonds is 0. The van der Waals surface area contributed by atoms with Crippen LogP contribution in [0.15, 0.2) is 0 Å². The molecule has 0 aromatic rings. The Morgan fingerprint density at radius 2 is 1.00 bits per heavy atom. The molecule has 0 amide bonds. The van der Waals surface area contributed by atoms with Crippen LogP contribution < -0.4 is 0 Å². The van der Waals surface area contributed by atoms with Gasteiger partial charge in [0.1, 0.15) is 0 Å². The van der Waals surface area contributed by atoms with Crippen molar-refractivity contribution in [2.45, 2.75) is 0 Å². The van der Waals surface area contributed by atoms with Crippen molar-refractivity contribution >= 4 is 139 Å². The number of hydrogen-bond donors (Lipinski definition) is 0. The normalized spacial score (nSPS) is 0. The Morgan fingerprint density at radius 1 is 1.00 bits per heavy atom. The summed E-state index contributed by atoms with van der Waals surface area (Å²) in [5.74, 6) is 0. The van der Waals surface area contributed by atoms with Gasteiger partial charge in [-0.2, -0.15) is 0 Å². The summed E-state index contributed by atoms with van der Waals surface area (Å²) in [6.45, 7) is 0.